The minimum Gasteiger partial charge on any atom is -0.339 e. The van der Waals surface area contributed by atoms with Crippen molar-refractivity contribution in [3.05, 3.63) is 0 Å². The summed E-state index contributed by atoms with van der Waals surface area (Å²) >= 11 is 0. The summed E-state index contributed by atoms with van der Waals surface area (Å²) in [4.78, 5) is 16.3. The van der Waals surface area contributed by atoms with Gasteiger partial charge in [-0.2, -0.15) is 0 Å². The van der Waals surface area contributed by atoms with Gasteiger partial charge < -0.3 is 10.2 Å². The highest BCUT2D eigenvalue weighted by Gasteiger charge is 2.44. The van der Waals surface area contributed by atoms with Crippen LogP contribution < -0.4 is 5.32 Å². The van der Waals surface area contributed by atoms with Gasteiger partial charge in [-0.05, 0) is 32.2 Å². The van der Waals surface area contributed by atoms with Crippen LogP contribution in [0.5, 0.6) is 0 Å². The van der Waals surface area contributed by atoms with Crippen molar-refractivity contribution in [3.63, 3.8) is 0 Å². The van der Waals surface area contributed by atoms with Crippen molar-refractivity contribution in [1.29, 1.82) is 0 Å². The van der Waals surface area contributed by atoms with Gasteiger partial charge in [0.05, 0.1) is 6.54 Å². The van der Waals surface area contributed by atoms with Crippen LogP contribution in [0, 0.1) is 5.41 Å². The Labute approximate surface area is 104 Å². The summed E-state index contributed by atoms with van der Waals surface area (Å²) in [5, 5.41) is 3.27. The Balaban J connectivity index is 1.81. The van der Waals surface area contributed by atoms with Gasteiger partial charge in [-0.15, -0.1) is 0 Å². The molecule has 0 spiro atoms. The number of likely N-dealkylation sites (N-methyl/N-ethyl adjacent to an activating group) is 1. The Hall–Kier alpha value is -0.610. The van der Waals surface area contributed by atoms with E-state index in [1.165, 1.54) is 12.8 Å². The maximum atomic E-state index is 12.1. The fourth-order valence-electron chi connectivity index (χ4n) is 2.51. The van der Waals surface area contributed by atoms with Gasteiger partial charge >= 0.3 is 0 Å². The van der Waals surface area contributed by atoms with Crippen LogP contribution in [0.2, 0.25) is 0 Å². The number of piperazine rings is 1. The van der Waals surface area contributed by atoms with Crippen LogP contribution in [-0.2, 0) is 4.79 Å². The van der Waals surface area contributed by atoms with Crippen LogP contribution in [0.25, 0.3) is 0 Å². The van der Waals surface area contributed by atoms with Crippen molar-refractivity contribution < 1.29 is 4.79 Å². The lowest BCUT2D eigenvalue weighted by molar-refractivity contribution is -0.133. The molecule has 1 aliphatic heterocycles. The van der Waals surface area contributed by atoms with E-state index in [1.807, 2.05) is 4.90 Å². The minimum atomic E-state index is 0.283. The Morgan fingerprint density at radius 3 is 2.53 bits per heavy atom. The standard InChI is InChI=1S/C13H25N3O/c1-11(13(2)4-5-13)15(3)10-12(17)16-8-6-14-7-9-16/h11,14H,4-10H2,1-3H3. The third-order valence-corrected chi connectivity index (χ3v) is 4.56. The summed E-state index contributed by atoms with van der Waals surface area (Å²) in [6.07, 6.45) is 2.61. The van der Waals surface area contributed by atoms with Gasteiger partial charge in [0.1, 0.15) is 0 Å². The quantitative estimate of drug-likeness (QED) is 0.778. The molecule has 1 saturated heterocycles. The fraction of sp³-hybridized carbons (Fsp3) is 0.923. The van der Waals surface area contributed by atoms with Gasteiger partial charge in [-0.1, -0.05) is 6.92 Å². The molecule has 0 bridgehead atoms. The predicted molar refractivity (Wildman–Crippen MR) is 68.9 cm³/mol. The first-order valence-electron chi connectivity index (χ1n) is 6.72. The summed E-state index contributed by atoms with van der Waals surface area (Å²) in [5.74, 6) is 0.283. The van der Waals surface area contributed by atoms with Crippen molar-refractivity contribution >= 4 is 5.91 Å². The second-order valence-corrected chi connectivity index (χ2v) is 5.88. The molecule has 0 aromatic carbocycles. The van der Waals surface area contributed by atoms with Crippen molar-refractivity contribution in [3.8, 4) is 0 Å². The highest BCUT2D eigenvalue weighted by Crippen LogP contribution is 2.49. The van der Waals surface area contributed by atoms with Gasteiger partial charge in [0, 0.05) is 32.2 Å². The third kappa shape index (κ3) is 2.99. The molecule has 4 nitrogen and oxygen atoms in total. The van der Waals surface area contributed by atoms with E-state index >= 15 is 0 Å². The molecule has 4 heteroatoms. The lowest BCUT2D eigenvalue weighted by Gasteiger charge is -2.33. The lowest BCUT2D eigenvalue weighted by Crippen LogP contribution is -2.50. The van der Waals surface area contributed by atoms with Gasteiger partial charge in [0.25, 0.3) is 0 Å². The Bertz CT molecular complexity index is 282. The first-order valence-corrected chi connectivity index (χ1v) is 6.72. The molecule has 0 aromatic heterocycles. The Kier molecular flexibility index (Phi) is 3.73. The predicted octanol–water partition coefficient (Wildman–Crippen LogP) is 0.539. The SMILES string of the molecule is CC(N(C)CC(=O)N1CCNCC1)C1(C)CC1. The minimum absolute atomic E-state index is 0.283. The van der Waals surface area contributed by atoms with Gasteiger partial charge in [-0.3, -0.25) is 9.69 Å². The van der Waals surface area contributed by atoms with Crippen LogP contribution in [0.4, 0.5) is 0 Å². The zero-order chi connectivity index (χ0) is 12.5. The average Bonchev–Trinajstić information content (AvgIpc) is 3.08. The Morgan fingerprint density at radius 2 is 2.00 bits per heavy atom. The van der Waals surface area contributed by atoms with E-state index in [4.69, 9.17) is 0 Å². The second kappa shape index (κ2) is 4.94. The zero-order valence-corrected chi connectivity index (χ0v) is 11.3. The van der Waals surface area contributed by atoms with E-state index in [-0.39, 0.29) is 5.91 Å². The van der Waals surface area contributed by atoms with Crippen LogP contribution in [-0.4, -0.2) is 61.5 Å². The number of amides is 1. The number of rotatable bonds is 4. The Morgan fingerprint density at radius 1 is 1.41 bits per heavy atom. The molecular formula is C13H25N3O. The molecule has 2 aliphatic rings. The molecule has 2 rings (SSSR count). The summed E-state index contributed by atoms with van der Waals surface area (Å²) in [6, 6.07) is 0.509. The van der Waals surface area contributed by atoms with Crippen molar-refractivity contribution in [2.75, 3.05) is 39.8 Å². The number of nitrogens with zero attached hydrogens (tertiary/aromatic N) is 2. The third-order valence-electron chi connectivity index (χ3n) is 4.56. The summed E-state index contributed by atoms with van der Waals surface area (Å²) in [6.45, 7) is 8.72. The molecule has 1 unspecified atom stereocenters. The molecular weight excluding hydrogens is 214 g/mol. The van der Waals surface area contributed by atoms with Gasteiger partial charge in [-0.25, -0.2) is 0 Å². The molecule has 17 heavy (non-hydrogen) atoms. The molecule has 2 fully saturated rings. The monoisotopic (exact) mass is 239 g/mol. The summed E-state index contributed by atoms with van der Waals surface area (Å²) in [7, 11) is 2.08. The number of hydrogen-bond acceptors (Lipinski definition) is 3. The zero-order valence-electron chi connectivity index (χ0n) is 11.3. The lowest BCUT2D eigenvalue weighted by atomic mass is 9.99. The average molecular weight is 239 g/mol. The van der Waals surface area contributed by atoms with E-state index in [1.54, 1.807) is 0 Å². The number of nitrogens with one attached hydrogen (secondary N) is 1. The number of carbonyl (C=O) groups is 1. The smallest absolute Gasteiger partial charge is 0.236 e. The molecule has 0 aromatic rings. The summed E-state index contributed by atoms with van der Waals surface area (Å²) < 4.78 is 0. The maximum Gasteiger partial charge on any atom is 0.236 e. The topological polar surface area (TPSA) is 35.6 Å². The highest BCUT2D eigenvalue weighted by atomic mass is 16.2. The second-order valence-electron chi connectivity index (χ2n) is 5.88. The van der Waals surface area contributed by atoms with Crippen LogP contribution in [0.15, 0.2) is 0 Å². The fourth-order valence-corrected chi connectivity index (χ4v) is 2.51. The van der Waals surface area contributed by atoms with E-state index in [0.717, 1.165) is 26.2 Å². The molecule has 0 radical (unpaired) electrons. The molecule has 1 aliphatic carbocycles. The normalized spacial score (nSPS) is 24.8. The number of carbonyl (C=O) groups excluding carboxylic acids is 1. The summed E-state index contributed by atoms with van der Waals surface area (Å²) in [5.41, 5.74) is 0.457. The maximum absolute atomic E-state index is 12.1. The van der Waals surface area contributed by atoms with Gasteiger partial charge in [0.2, 0.25) is 5.91 Å². The van der Waals surface area contributed by atoms with E-state index in [2.05, 4.69) is 31.1 Å². The van der Waals surface area contributed by atoms with Crippen LogP contribution in [0.1, 0.15) is 26.7 Å². The van der Waals surface area contributed by atoms with Gasteiger partial charge in [0.15, 0.2) is 0 Å². The number of hydrogen-bond donors (Lipinski definition) is 1. The largest absolute Gasteiger partial charge is 0.339 e. The van der Waals surface area contributed by atoms with Crippen molar-refractivity contribution in [1.82, 2.24) is 15.1 Å². The molecule has 1 saturated carbocycles. The van der Waals surface area contributed by atoms with E-state index in [9.17, 15) is 4.79 Å². The van der Waals surface area contributed by atoms with Crippen molar-refractivity contribution in [2.45, 2.75) is 32.7 Å². The van der Waals surface area contributed by atoms with Crippen LogP contribution >= 0.6 is 0 Å². The molecule has 98 valence electrons. The highest BCUT2D eigenvalue weighted by molar-refractivity contribution is 5.78. The van der Waals surface area contributed by atoms with Crippen LogP contribution in [0.3, 0.4) is 0 Å². The van der Waals surface area contributed by atoms with E-state index < -0.39 is 0 Å². The molecule has 1 N–H and O–H groups in total. The molecule has 1 heterocycles. The van der Waals surface area contributed by atoms with Crippen molar-refractivity contribution in [2.24, 2.45) is 5.41 Å². The first kappa shape index (κ1) is 12.8. The molecule has 1 atom stereocenters. The molecule has 1 amide bonds. The first-order chi connectivity index (χ1) is 8.03. The van der Waals surface area contributed by atoms with E-state index in [0.29, 0.717) is 18.0 Å².